The minimum atomic E-state index is -0.0370. The van der Waals surface area contributed by atoms with Crippen molar-refractivity contribution in [2.45, 2.75) is 20.8 Å². The Morgan fingerprint density at radius 2 is 1.68 bits per heavy atom. The van der Waals surface area contributed by atoms with Crippen molar-refractivity contribution in [1.82, 2.24) is 9.88 Å². The zero-order chi connectivity index (χ0) is 18.1. The number of pyridine rings is 1. The quantitative estimate of drug-likeness (QED) is 0.761. The van der Waals surface area contributed by atoms with Gasteiger partial charge in [0.25, 0.3) is 5.91 Å². The maximum atomic E-state index is 12.5. The molecule has 0 radical (unpaired) electrons. The lowest BCUT2D eigenvalue weighted by atomic mass is 10.0. The third-order valence-corrected chi connectivity index (χ3v) is 4.61. The van der Waals surface area contributed by atoms with Crippen LogP contribution >= 0.6 is 0 Å². The summed E-state index contributed by atoms with van der Waals surface area (Å²) in [5.74, 6) is 0.729. The van der Waals surface area contributed by atoms with E-state index in [4.69, 9.17) is 0 Å². The highest BCUT2D eigenvalue weighted by atomic mass is 16.2. The fraction of sp³-hybridized carbons (Fsp3) is 0.238. The van der Waals surface area contributed by atoms with Gasteiger partial charge >= 0.3 is 0 Å². The van der Waals surface area contributed by atoms with Crippen LogP contribution in [0.25, 0.3) is 10.8 Å². The summed E-state index contributed by atoms with van der Waals surface area (Å²) in [7, 11) is 3.52. The number of amides is 1. The fourth-order valence-corrected chi connectivity index (χ4v) is 3.00. The standard InChI is InChI=1S/C21H23N3O/c1-13-8-7-11-18(15(13)3)23-20-16-10-6-9-14(2)19(16)17(12-22-20)21(25)24(4)5/h6-12H,1-5H3,(H,22,23). The number of benzene rings is 2. The molecular weight excluding hydrogens is 310 g/mol. The van der Waals surface area contributed by atoms with E-state index in [2.05, 4.69) is 30.2 Å². The maximum Gasteiger partial charge on any atom is 0.255 e. The average Bonchev–Trinajstić information content (AvgIpc) is 2.59. The lowest BCUT2D eigenvalue weighted by molar-refractivity contribution is 0.0829. The Balaban J connectivity index is 2.18. The number of aromatic nitrogens is 1. The van der Waals surface area contributed by atoms with Crippen molar-refractivity contribution in [1.29, 1.82) is 0 Å². The van der Waals surface area contributed by atoms with Gasteiger partial charge in [0.2, 0.25) is 0 Å². The van der Waals surface area contributed by atoms with Crippen molar-refractivity contribution >= 4 is 28.2 Å². The highest BCUT2D eigenvalue weighted by molar-refractivity contribution is 6.10. The van der Waals surface area contributed by atoms with Crippen molar-refractivity contribution in [3.63, 3.8) is 0 Å². The minimum Gasteiger partial charge on any atom is -0.345 e. The first-order valence-electron chi connectivity index (χ1n) is 8.33. The Labute approximate surface area is 148 Å². The molecule has 1 N–H and O–H groups in total. The molecule has 0 unspecified atom stereocenters. The lowest BCUT2D eigenvalue weighted by Gasteiger charge is -2.17. The van der Waals surface area contributed by atoms with E-state index in [-0.39, 0.29) is 5.91 Å². The first kappa shape index (κ1) is 17.0. The largest absolute Gasteiger partial charge is 0.345 e. The number of aryl methyl sites for hydroxylation is 2. The van der Waals surface area contributed by atoms with Crippen molar-refractivity contribution in [3.05, 3.63) is 64.8 Å². The summed E-state index contributed by atoms with van der Waals surface area (Å²) < 4.78 is 0. The summed E-state index contributed by atoms with van der Waals surface area (Å²) >= 11 is 0. The van der Waals surface area contributed by atoms with E-state index in [9.17, 15) is 4.79 Å². The van der Waals surface area contributed by atoms with Crippen molar-refractivity contribution in [3.8, 4) is 0 Å². The molecule has 2 aromatic carbocycles. The molecule has 4 heteroatoms. The van der Waals surface area contributed by atoms with Crippen LogP contribution in [0.3, 0.4) is 0 Å². The van der Waals surface area contributed by atoms with Gasteiger partial charge in [-0.1, -0.05) is 30.3 Å². The monoisotopic (exact) mass is 333 g/mol. The molecule has 1 aromatic heterocycles. The summed E-state index contributed by atoms with van der Waals surface area (Å²) in [6, 6.07) is 12.2. The normalized spacial score (nSPS) is 10.8. The first-order chi connectivity index (χ1) is 11.9. The van der Waals surface area contributed by atoms with Crippen molar-refractivity contribution in [2.24, 2.45) is 0 Å². The summed E-state index contributed by atoms with van der Waals surface area (Å²) in [6.07, 6.45) is 1.67. The van der Waals surface area contributed by atoms with Gasteiger partial charge < -0.3 is 10.2 Å². The molecule has 0 aliphatic heterocycles. The Hall–Kier alpha value is -2.88. The van der Waals surface area contributed by atoms with Crippen molar-refractivity contribution < 1.29 is 4.79 Å². The second kappa shape index (κ2) is 6.55. The summed E-state index contributed by atoms with van der Waals surface area (Å²) in [5.41, 5.74) is 5.14. The average molecular weight is 333 g/mol. The zero-order valence-electron chi connectivity index (χ0n) is 15.3. The molecule has 25 heavy (non-hydrogen) atoms. The van der Waals surface area contributed by atoms with Gasteiger partial charge in [0, 0.05) is 36.8 Å². The molecule has 0 bridgehead atoms. The number of hydrogen-bond acceptors (Lipinski definition) is 3. The van der Waals surface area contributed by atoms with E-state index >= 15 is 0 Å². The molecule has 0 spiro atoms. The minimum absolute atomic E-state index is 0.0370. The number of carbonyl (C=O) groups is 1. The van der Waals surface area contributed by atoms with Crippen LogP contribution in [0.1, 0.15) is 27.0 Å². The van der Waals surface area contributed by atoms with Gasteiger partial charge in [0.1, 0.15) is 5.82 Å². The number of nitrogens with one attached hydrogen (secondary N) is 1. The SMILES string of the molecule is Cc1cccc(Nc2ncc(C(=O)N(C)C)c3c(C)cccc23)c1C. The smallest absolute Gasteiger partial charge is 0.255 e. The Morgan fingerprint density at radius 1 is 1.00 bits per heavy atom. The highest BCUT2D eigenvalue weighted by Crippen LogP contribution is 2.31. The molecule has 0 saturated carbocycles. The number of carbonyl (C=O) groups excluding carboxylic acids is 1. The van der Waals surface area contributed by atoms with Crippen molar-refractivity contribution in [2.75, 3.05) is 19.4 Å². The second-order valence-corrected chi connectivity index (χ2v) is 6.59. The molecular formula is C21H23N3O. The van der Waals surface area contributed by atoms with E-state index < -0.39 is 0 Å². The molecule has 0 atom stereocenters. The van der Waals surface area contributed by atoms with Gasteiger partial charge in [-0.2, -0.15) is 0 Å². The summed E-state index contributed by atoms with van der Waals surface area (Å²) in [5, 5.41) is 5.34. The number of anilines is 2. The summed E-state index contributed by atoms with van der Waals surface area (Å²) in [4.78, 5) is 18.7. The molecule has 0 aliphatic carbocycles. The molecule has 0 fully saturated rings. The maximum absolute atomic E-state index is 12.5. The van der Waals surface area contributed by atoms with Crippen LogP contribution in [0.4, 0.5) is 11.5 Å². The van der Waals surface area contributed by atoms with Gasteiger partial charge in [-0.3, -0.25) is 4.79 Å². The zero-order valence-corrected chi connectivity index (χ0v) is 15.3. The van der Waals surface area contributed by atoms with E-state index in [0.717, 1.165) is 27.8 Å². The number of rotatable bonds is 3. The predicted molar refractivity (Wildman–Crippen MR) is 104 cm³/mol. The topological polar surface area (TPSA) is 45.2 Å². The molecule has 0 saturated heterocycles. The third-order valence-electron chi connectivity index (χ3n) is 4.61. The van der Waals surface area contributed by atoms with Crippen LogP contribution in [0.15, 0.2) is 42.6 Å². The van der Waals surface area contributed by atoms with Crippen LogP contribution in [-0.4, -0.2) is 29.9 Å². The van der Waals surface area contributed by atoms with Gasteiger partial charge in [0.05, 0.1) is 5.56 Å². The van der Waals surface area contributed by atoms with Gasteiger partial charge in [-0.15, -0.1) is 0 Å². The number of hydrogen-bond donors (Lipinski definition) is 1. The van der Waals surface area contributed by atoms with Crippen LogP contribution in [0.5, 0.6) is 0 Å². The first-order valence-corrected chi connectivity index (χ1v) is 8.33. The van der Waals surface area contributed by atoms with Gasteiger partial charge in [0.15, 0.2) is 0 Å². The number of nitrogens with zero attached hydrogens (tertiary/aromatic N) is 2. The Bertz CT molecular complexity index is 961. The molecule has 4 nitrogen and oxygen atoms in total. The van der Waals surface area contributed by atoms with E-state index in [1.54, 1.807) is 25.2 Å². The van der Waals surface area contributed by atoms with Crippen LogP contribution in [0.2, 0.25) is 0 Å². The van der Waals surface area contributed by atoms with E-state index in [1.807, 2.05) is 37.3 Å². The molecule has 0 aliphatic rings. The predicted octanol–water partition coefficient (Wildman–Crippen LogP) is 4.61. The van der Waals surface area contributed by atoms with E-state index in [1.165, 1.54) is 11.1 Å². The molecule has 3 rings (SSSR count). The van der Waals surface area contributed by atoms with Crippen LogP contribution < -0.4 is 5.32 Å². The van der Waals surface area contributed by atoms with Crippen LogP contribution in [0, 0.1) is 20.8 Å². The molecule has 3 aromatic rings. The fourth-order valence-electron chi connectivity index (χ4n) is 3.00. The Morgan fingerprint density at radius 3 is 2.40 bits per heavy atom. The van der Waals surface area contributed by atoms with E-state index in [0.29, 0.717) is 5.56 Å². The molecule has 128 valence electrons. The van der Waals surface area contributed by atoms with Gasteiger partial charge in [-0.25, -0.2) is 4.98 Å². The van der Waals surface area contributed by atoms with Gasteiger partial charge in [-0.05, 0) is 43.5 Å². The van der Waals surface area contributed by atoms with Crippen LogP contribution in [-0.2, 0) is 0 Å². The molecule has 1 heterocycles. The lowest BCUT2D eigenvalue weighted by Crippen LogP contribution is -2.22. The molecule has 1 amide bonds. The Kier molecular flexibility index (Phi) is 4.45. The summed E-state index contributed by atoms with van der Waals surface area (Å²) in [6.45, 7) is 6.21. The second-order valence-electron chi connectivity index (χ2n) is 6.59. The number of fused-ring (bicyclic) bond motifs is 1. The third kappa shape index (κ3) is 3.07. The highest BCUT2D eigenvalue weighted by Gasteiger charge is 2.17.